The Hall–Kier alpha value is -1.55. The van der Waals surface area contributed by atoms with Gasteiger partial charge in [0.1, 0.15) is 5.56 Å². The number of rotatable bonds is 12. The lowest BCUT2D eigenvalue weighted by Crippen LogP contribution is -2.05. The van der Waals surface area contributed by atoms with E-state index < -0.39 is 5.97 Å². The molecule has 0 aromatic heterocycles. The Balaban J connectivity index is 2.06. The second-order valence-corrected chi connectivity index (χ2v) is 5.18. The van der Waals surface area contributed by atoms with Crippen LogP contribution in [0.25, 0.3) is 0 Å². The average molecular weight is 294 g/mol. The summed E-state index contributed by atoms with van der Waals surface area (Å²) in [5.41, 5.74) is 0.119. The Morgan fingerprint density at radius 3 is 2.29 bits per heavy atom. The van der Waals surface area contributed by atoms with E-state index in [0.717, 1.165) is 12.8 Å². The van der Waals surface area contributed by atoms with E-state index in [1.165, 1.54) is 44.6 Å². The van der Waals surface area contributed by atoms with Crippen molar-refractivity contribution in [2.75, 3.05) is 6.61 Å². The number of hydrogen-bond donors (Lipinski definition) is 1. The van der Waals surface area contributed by atoms with Crippen molar-refractivity contribution in [1.82, 2.24) is 0 Å². The van der Waals surface area contributed by atoms with Crippen LogP contribution >= 0.6 is 0 Å². The average Bonchev–Trinajstić information content (AvgIpc) is 2.49. The van der Waals surface area contributed by atoms with E-state index in [-0.39, 0.29) is 11.3 Å². The van der Waals surface area contributed by atoms with Crippen LogP contribution in [0.3, 0.4) is 0 Å². The highest BCUT2D eigenvalue weighted by atomic mass is 17.2. The van der Waals surface area contributed by atoms with Crippen LogP contribution in [0, 0.1) is 0 Å². The lowest BCUT2D eigenvalue weighted by atomic mass is 10.1. The van der Waals surface area contributed by atoms with Gasteiger partial charge in [-0.05, 0) is 18.6 Å². The predicted molar refractivity (Wildman–Crippen MR) is 82.6 cm³/mol. The second-order valence-electron chi connectivity index (χ2n) is 5.18. The molecule has 0 aliphatic heterocycles. The lowest BCUT2D eigenvalue weighted by molar-refractivity contribution is -0.207. The van der Waals surface area contributed by atoms with Crippen molar-refractivity contribution in [3.63, 3.8) is 0 Å². The first-order valence-electron chi connectivity index (χ1n) is 7.87. The molecule has 0 saturated heterocycles. The van der Waals surface area contributed by atoms with Crippen LogP contribution < -0.4 is 4.89 Å². The molecule has 0 spiro atoms. The van der Waals surface area contributed by atoms with Crippen LogP contribution in [0.15, 0.2) is 24.3 Å². The first-order chi connectivity index (χ1) is 10.3. The number of hydrogen-bond acceptors (Lipinski definition) is 3. The first kappa shape index (κ1) is 17.5. The molecule has 21 heavy (non-hydrogen) atoms. The molecule has 1 aromatic rings. The van der Waals surface area contributed by atoms with E-state index in [9.17, 15) is 4.79 Å². The zero-order chi connectivity index (χ0) is 15.3. The van der Waals surface area contributed by atoms with Gasteiger partial charge in [0.15, 0.2) is 5.75 Å². The van der Waals surface area contributed by atoms with Crippen LogP contribution in [-0.2, 0) is 4.89 Å². The molecular weight excluding hydrogens is 268 g/mol. The normalized spacial score (nSPS) is 10.5. The fourth-order valence-corrected chi connectivity index (χ4v) is 2.12. The van der Waals surface area contributed by atoms with Crippen molar-refractivity contribution in [2.45, 2.75) is 58.3 Å². The summed E-state index contributed by atoms with van der Waals surface area (Å²) in [6, 6.07) is 6.48. The summed E-state index contributed by atoms with van der Waals surface area (Å²) < 4.78 is 0. The monoisotopic (exact) mass is 294 g/mol. The summed E-state index contributed by atoms with van der Waals surface area (Å²) in [6.45, 7) is 2.71. The smallest absolute Gasteiger partial charge is 0.339 e. The van der Waals surface area contributed by atoms with E-state index >= 15 is 0 Å². The van der Waals surface area contributed by atoms with Gasteiger partial charge in [0.2, 0.25) is 0 Å². The van der Waals surface area contributed by atoms with Crippen molar-refractivity contribution in [3.05, 3.63) is 29.8 Å². The number of carboxylic acid groups (broad SMARTS) is 1. The number of carbonyl (C=O) groups is 1. The van der Waals surface area contributed by atoms with Gasteiger partial charge in [0, 0.05) is 0 Å². The van der Waals surface area contributed by atoms with Crippen LogP contribution in [-0.4, -0.2) is 17.7 Å². The molecule has 0 aliphatic rings. The third kappa shape index (κ3) is 7.71. The maximum absolute atomic E-state index is 11.0. The number of unbranched alkanes of at least 4 members (excludes halogenated alkanes) is 7. The molecule has 0 atom stereocenters. The van der Waals surface area contributed by atoms with Crippen molar-refractivity contribution in [1.29, 1.82) is 0 Å². The van der Waals surface area contributed by atoms with Gasteiger partial charge in [0.25, 0.3) is 0 Å². The summed E-state index contributed by atoms with van der Waals surface area (Å²) in [5.74, 6) is -0.758. The minimum atomic E-state index is -1.01. The molecule has 4 nitrogen and oxygen atoms in total. The zero-order valence-corrected chi connectivity index (χ0v) is 12.8. The minimum Gasteiger partial charge on any atom is -0.478 e. The van der Waals surface area contributed by atoms with E-state index in [4.69, 9.17) is 14.9 Å². The lowest BCUT2D eigenvalue weighted by Gasteiger charge is -2.07. The molecule has 1 N–H and O–H groups in total. The van der Waals surface area contributed by atoms with Crippen LogP contribution in [0.2, 0.25) is 0 Å². The van der Waals surface area contributed by atoms with Gasteiger partial charge in [-0.2, -0.15) is 4.89 Å². The minimum absolute atomic E-state index is 0.119. The number of carboxylic acids is 1. The summed E-state index contributed by atoms with van der Waals surface area (Å²) in [7, 11) is 0. The zero-order valence-electron chi connectivity index (χ0n) is 12.8. The molecule has 118 valence electrons. The fourth-order valence-electron chi connectivity index (χ4n) is 2.12. The topological polar surface area (TPSA) is 55.8 Å². The molecule has 0 fully saturated rings. The van der Waals surface area contributed by atoms with E-state index in [1.807, 2.05) is 0 Å². The van der Waals surface area contributed by atoms with Crippen molar-refractivity contribution in [3.8, 4) is 5.75 Å². The largest absolute Gasteiger partial charge is 0.478 e. The standard InChI is InChI=1S/C17H26O4/c1-2-3-4-5-6-7-8-11-14-20-21-16-13-10-9-12-15(16)17(18)19/h9-10,12-13H,2-8,11,14H2,1H3,(H,18,19). The third-order valence-corrected chi connectivity index (χ3v) is 3.35. The molecular formula is C17H26O4. The summed E-state index contributed by atoms with van der Waals surface area (Å²) in [5, 5.41) is 8.99. The van der Waals surface area contributed by atoms with E-state index in [1.54, 1.807) is 18.2 Å². The Bertz CT molecular complexity index is 404. The molecule has 0 bridgehead atoms. The van der Waals surface area contributed by atoms with Crippen LogP contribution in [0.4, 0.5) is 0 Å². The summed E-state index contributed by atoms with van der Waals surface area (Å²) >= 11 is 0. The molecule has 0 unspecified atom stereocenters. The van der Waals surface area contributed by atoms with Gasteiger partial charge in [0.05, 0.1) is 6.61 Å². The number of para-hydroxylation sites is 1. The summed E-state index contributed by atoms with van der Waals surface area (Å²) in [6.07, 6.45) is 9.82. The van der Waals surface area contributed by atoms with Crippen molar-refractivity contribution >= 4 is 5.97 Å². The molecule has 1 rings (SSSR count). The van der Waals surface area contributed by atoms with Crippen LogP contribution in [0.5, 0.6) is 5.75 Å². The molecule has 0 heterocycles. The van der Waals surface area contributed by atoms with Gasteiger partial charge in [-0.1, -0.05) is 64.0 Å². The van der Waals surface area contributed by atoms with Crippen molar-refractivity contribution < 1.29 is 19.7 Å². The van der Waals surface area contributed by atoms with E-state index in [2.05, 4.69) is 6.92 Å². The summed E-state index contributed by atoms with van der Waals surface area (Å²) in [4.78, 5) is 21.1. The quantitative estimate of drug-likeness (QED) is 0.340. The van der Waals surface area contributed by atoms with Gasteiger partial charge >= 0.3 is 5.97 Å². The number of benzene rings is 1. The maximum atomic E-state index is 11.0. The SMILES string of the molecule is CCCCCCCCCCOOc1ccccc1C(=O)O. The highest BCUT2D eigenvalue weighted by Crippen LogP contribution is 2.18. The third-order valence-electron chi connectivity index (χ3n) is 3.35. The molecule has 0 saturated carbocycles. The highest BCUT2D eigenvalue weighted by molar-refractivity contribution is 5.90. The Kier molecular flexibility index (Phi) is 9.29. The van der Waals surface area contributed by atoms with Gasteiger partial charge in [-0.3, -0.25) is 0 Å². The Labute approximate surface area is 127 Å². The Morgan fingerprint density at radius 1 is 1.00 bits per heavy atom. The predicted octanol–water partition coefficient (Wildman–Crippen LogP) is 4.84. The van der Waals surface area contributed by atoms with Crippen molar-refractivity contribution in [2.24, 2.45) is 0 Å². The van der Waals surface area contributed by atoms with Gasteiger partial charge in [-0.15, -0.1) is 0 Å². The maximum Gasteiger partial charge on any atom is 0.339 e. The molecule has 0 amide bonds. The molecule has 0 aliphatic carbocycles. The molecule has 4 heteroatoms. The molecule has 0 radical (unpaired) electrons. The Morgan fingerprint density at radius 2 is 1.62 bits per heavy atom. The molecule has 1 aromatic carbocycles. The second kappa shape index (κ2) is 11.1. The van der Waals surface area contributed by atoms with E-state index in [0.29, 0.717) is 6.61 Å². The highest BCUT2D eigenvalue weighted by Gasteiger charge is 2.10. The first-order valence-corrected chi connectivity index (χ1v) is 7.87. The number of aromatic carboxylic acids is 1. The fraction of sp³-hybridized carbons (Fsp3) is 0.588. The van der Waals surface area contributed by atoms with Gasteiger partial charge in [-0.25, -0.2) is 4.79 Å². The van der Waals surface area contributed by atoms with Gasteiger partial charge < -0.3 is 9.99 Å². The van der Waals surface area contributed by atoms with Crippen LogP contribution in [0.1, 0.15) is 68.6 Å².